The Kier molecular flexibility index (Phi) is 6.44. The van der Waals surface area contributed by atoms with Crippen molar-refractivity contribution in [1.29, 1.82) is 0 Å². The highest BCUT2D eigenvalue weighted by molar-refractivity contribution is 7.92. The van der Waals surface area contributed by atoms with E-state index in [0.717, 1.165) is 32.1 Å². The molecule has 134 valence electrons. The summed E-state index contributed by atoms with van der Waals surface area (Å²) in [4.78, 5) is 14.3. The minimum Gasteiger partial charge on any atom is -0.376 e. The molecule has 1 fully saturated rings. The number of hydrogen-bond donors (Lipinski definition) is 2. The van der Waals surface area contributed by atoms with Crippen molar-refractivity contribution < 1.29 is 17.9 Å². The van der Waals surface area contributed by atoms with Crippen LogP contribution in [0.3, 0.4) is 0 Å². The summed E-state index contributed by atoms with van der Waals surface area (Å²) in [5.74, 6) is 0. The number of ether oxygens (including phenoxy) is 1. The van der Waals surface area contributed by atoms with E-state index in [9.17, 15) is 13.2 Å². The van der Waals surface area contributed by atoms with E-state index in [-0.39, 0.29) is 12.1 Å². The van der Waals surface area contributed by atoms with E-state index in [4.69, 9.17) is 4.74 Å². The molecule has 0 radical (unpaired) electrons. The molecule has 1 saturated heterocycles. The first-order valence-corrected chi connectivity index (χ1v) is 10.0. The zero-order valence-corrected chi connectivity index (χ0v) is 14.9. The number of rotatable bonds is 7. The van der Waals surface area contributed by atoms with Gasteiger partial charge in [-0.05, 0) is 37.5 Å². The number of hydrogen-bond acceptors (Lipinski definition) is 4. The third-order valence-corrected chi connectivity index (χ3v) is 4.25. The number of sulfonamides is 1. The lowest BCUT2D eigenvalue weighted by Gasteiger charge is -2.25. The van der Waals surface area contributed by atoms with Crippen molar-refractivity contribution in [3.05, 3.63) is 24.3 Å². The molecule has 1 atom stereocenters. The molecule has 8 heteroatoms. The Balaban J connectivity index is 2.01. The van der Waals surface area contributed by atoms with Crippen LogP contribution in [0.4, 0.5) is 16.2 Å². The molecule has 7 nitrogen and oxygen atoms in total. The first kappa shape index (κ1) is 18.5. The van der Waals surface area contributed by atoms with Crippen LogP contribution in [0.25, 0.3) is 0 Å². The summed E-state index contributed by atoms with van der Waals surface area (Å²) in [7, 11) is -3.35. The van der Waals surface area contributed by atoms with Gasteiger partial charge in [-0.25, -0.2) is 13.2 Å². The van der Waals surface area contributed by atoms with Crippen molar-refractivity contribution in [3.63, 3.8) is 0 Å². The van der Waals surface area contributed by atoms with E-state index in [1.54, 1.807) is 29.2 Å². The van der Waals surface area contributed by atoms with Crippen molar-refractivity contribution in [1.82, 2.24) is 4.90 Å². The summed E-state index contributed by atoms with van der Waals surface area (Å²) in [5.41, 5.74) is 0.957. The number of carbonyl (C=O) groups is 1. The molecule has 1 unspecified atom stereocenters. The number of carbonyl (C=O) groups excluding carboxylic acids is 1. The summed E-state index contributed by atoms with van der Waals surface area (Å²) in [6, 6.07) is 6.43. The Morgan fingerprint density at radius 1 is 1.38 bits per heavy atom. The summed E-state index contributed by atoms with van der Waals surface area (Å²) >= 11 is 0. The zero-order chi connectivity index (χ0) is 17.6. The number of benzene rings is 1. The van der Waals surface area contributed by atoms with Gasteiger partial charge in [-0.15, -0.1) is 0 Å². The number of amides is 2. The van der Waals surface area contributed by atoms with Gasteiger partial charge in [0.15, 0.2) is 0 Å². The van der Waals surface area contributed by atoms with E-state index >= 15 is 0 Å². The monoisotopic (exact) mass is 355 g/mol. The smallest absolute Gasteiger partial charge is 0.321 e. The molecule has 1 aromatic carbocycles. The SMILES string of the molecule is CCCN(CC1CCCO1)C(=O)Nc1cccc(NS(C)(=O)=O)c1. The third-order valence-electron chi connectivity index (χ3n) is 3.65. The molecule has 1 aromatic rings. The lowest BCUT2D eigenvalue weighted by atomic mass is 10.2. The quantitative estimate of drug-likeness (QED) is 0.786. The molecule has 1 aliphatic heterocycles. The number of urea groups is 1. The fourth-order valence-electron chi connectivity index (χ4n) is 2.66. The molecule has 1 aliphatic rings. The average molecular weight is 355 g/mol. The molecule has 2 rings (SSSR count). The van der Waals surface area contributed by atoms with Gasteiger partial charge < -0.3 is 15.0 Å². The van der Waals surface area contributed by atoms with Gasteiger partial charge in [0.05, 0.1) is 18.0 Å². The van der Waals surface area contributed by atoms with Crippen LogP contribution in [0.15, 0.2) is 24.3 Å². The van der Waals surface area contributed by atoms with Crippen molar-refractivity contribution in [2.24, 2.45) is 0 Å². The van der Waals surface area contributed by atoms with Crippen LogP contribution >= 0.6 is 0 Å². The molecule has 1 heterocycles. The average Bonchev–Trinajstić information content (AvgIpc) is 2.98. The van der Waals surface area contributed by atoms with E-state index in [2.05, 4.69) is 10.0 Å². The first-order chi connectivity index (χ1) is 11.4. The summed E-state index contributed by atoms with van der Waals surface area (Å²) in [6.07, 6.45) is 4.05. The van der Waals surface area contributed by atoms with Crippen molar-refractivity contribution in [3.8, 4) is 0 Å². The van der Waals surface area contributed by atoms with Crippen LogP contribution in [0, 0.1) is 0 Å². The molecular weight excluding hydrogens is 330 g/mol. The van der Waals surface area contributed by atoms with Gasteiger partial charge in [0, 0.05) is 25.4 Å². The van der Waals surface area contributed by atoms with Crippen LogP contribution in [0.1, 0.15) is 26.2 Å². The lowest BCUT2D eigenvalue weighted by molar-refractivity contribution is 0.0836. The number of nitrogens with one attached hydrogen (secondary N) is 2. The van der Waals surface area contributed by atoms with Crippen molar-refractivity contribution in [2.45, 2.75) is 32.3 Å². The molecule has 0 aromatic heterocycles. The Labute approximate surface area is 143 Å². The van der Waals surface area contributed by atoms with Gasteiger partial charge in [0.1, 0.15) is 0 Å². The zero-order valence-electron chi connectivity index (χ0n) is 14.1. The molecule has 0 saturated carbocycles. The van der Waals surface area contributed by atoms with Crippen LogP contribution in [-0.4, -0.2) is 51.4 Å². The Morgan fingerprint density at radius 3 is 2.75 bits per heavy atom. The van der Waals surface area contributed by atoms with Crippen LogP contribution in [-0.2, 0) is 14.8 Å². The fraction of sp³-hybridized carbons (Fsp3) is 0.562. The second-order valence-corrected chi connectivity index (χ2v) is 7.71. The standard InChI is InChI=1S/C16H25N3O4S/c1-3-9-19(12-15-8-5-10-23-15)16(20)17-13-6-4-7-14(11-13)18-24(2,21)22/h4,6-7,11,15,18H,3,5,8-10,12H2,1-2H3,(H,17,20). The van der Waals surface area contributed by atoms with Gasteiger partial charge in [-0.2, -0.15) is 0 Å². The number of nitrogens with zero attached hydrogens (tertiary/aromatic N) is 1. The van der Waals surface area contributed by atoms with Crippen molar-refractivity contribution >= 4 is 27.4 Å². The van der Waals surface area contributed by atoms with E-state index in [1.807, 2.05) is 6.92 Å². The molecule has 0 spiro atoms. The van der Waals surface area contributed by atoms with Crippen molar-refractivity contribution in [2.75, 3.05) is 36.0 Å². The molecule has 0 bridgehead atoms. The van der Waals surface area contributed by atoms with E-state index in [1.165, 1.54) is 0 Å². The highest BCUT2D eigenvalue weighted by Gasteiger charge is 2.22. The predicted molar refractivity (Wildman–Crippen MR) is 94.8 cm³/mol. The highest BCUT2D eigenvalue weighted by Crippen LogP contribution is 2.18. The largest absolute Gasteiger partial charge is 0.376 e. The molecule has 2 N–H and O–H groups in total. The summed E-state index contributed by atoms with van der Waals surface area (Å²) in [6.45, 7) is 3.99. The van der Waals surface area contributed by atoms with Gasteiger partial charge in [0.25, 0.3) is 0 Å². The maximum atomic E-state index is 12.5. The Morgan fingerprint density at radius 2 is 2.12 bits per heavy atom. The number of anilines is 2. The third kappa shape index (κ3) is 6.01. The van der Waals surface area contributed by atoms with Gasteiger partial charge >= 0.3 is 6.03 Å². The second-order valence-electron chi connectivity index (χ2n) is 5.97. The van der Waals surface area contributed by atoms with Gasteiger partial charge in [-0.1, -0.05) is 13.0 Å². The normalized spacial score (nSPS) is 17.5. The molecule has 2 amide bonds. The molecule has 24 heavy (non-hydrogen) atoms. The first-order valence-electron chi connectivity index (χ1n) is 8.13. The van der Waals surface area contributed by atoms with E-state index in [0.29, 0.717) is 24.5 Å². The maximum absolute atomic E-state index is 12.5. The minimum absolute atomic E-state index is 0.0977. The molecule has 0 aliphatic carbocycles. The van der Waals surface area contributed by atoms with E-state index < -0.39 is 10.0 Å². The van der Waals surface area contributed by atoms with Crippen LogP contribution in [0.5, 0.6) is 0 Å². The van der Waals surface area contributed by atoms with Crippen LogP contribution < -0.4 is 10.0 Å². The van der Waals surface area contributed by atoms with Gasteiger partial charge in [-0.3, -0.25) is 4.72 Å². The Hall–Kier alpha value is -1.80. The lowest BCUT2D eigenvalue weighted by Crippen LogP contribution is -2.40. The minimum atomic E-state index is -3.35. The highest BCUT2D eigenvalue weighted by atomic mass is 32.2. The predicted octanol–water partition coefficient (Wildman–Crippen LogP) is 2.48. The van der Waals surface area contributed by atoms with Crippen LogP contribution in [0.2, 0.25) is 0 Å². The maximum Gasteiger partial charge on any atom is 0.321 e. The topological polar surface area (TPSA) is 87.7 Å². The fourth-order valence-corrected chi connectivity index (χ4v) is 3.21. The second kappa shape index (κ2) is 8.34. The van der Waals surface area contributed by atoms with Gasteiger partial charge in [0.2, 0.25) is 10.0 Å². The summed E-state index contributed by atoms with van der Waals surface area (Å²) < 4.78 is 30.6. The molecular formula is C16H25N3O4S. The Bertz CT molecular complexity index is 657. The summed E-state index contributed by atoms with van der Waals surface area (Å²) in [5, 5.41) is 2.82.